The van der Waals surface area contributed by atoms with Gasteiger partial charge < -0.3 is 5.11 Å². The number of benzene rings is 3. The maximum Gasteiger partial charge on any atom is 0.0764 e. The van der Waals surface area contributed by atoms with Crippen molar-refractivity contribution in [3.8, 4) is 11.1 Å². The van der Waals surface area contributed by atoms with Crippen molar-refractivity contribution in [3.63, 3.8) is 0 Å². The number of aliphatic hydroxyl groups is 1. The number of hydrogen-bond acceptors (Lipinski definition) is 1. The Bertz CT molecular complexity index is 1050. The molecule has 0 spiro atoms. The van der Waals surface area contributed by atoms with Gasteiger partial charge >= 0.3 is 0 Å². The van der Waals surface area contributed by atoms with Gasteiger partial charge in [-0.25, -0.2) is 0 Å². The summed E-state index contributed by atoms with van der Waals surface area (Å²) in [5.41, 5.74) is 8.22. The number of hydrogen-bond donors (Lipinski definition) is 1. The quantitative estimate of drug-likeness (QED) is 0.503. The number of fused-ring (bicyclic) bond motifs is 2. The summed E-state index contributed by atoms with van der Waals surface area (Å²) in [7, 11) is 0. The second-order valence-corrected chi connectivity index (χ2v) is 9.92. The molecule has 1 nitrogen and oxygen atoms in total. The van der Waals surface area contributed by atoms with E-state index in [0.29, 0.717) is 0 Å². The molecule has 1 aliphatic rings. The van der Waals surface area contributed by atoms with Crippen LogP contribution in [0.4, 0.5) is 0 Å². The summed E-state index contributed by atoms with van der Waals surface area (Å²) in [6, 6.07) is 18.0. The van der Waals surface area contributed by atoms with E-state index in [1.807, 2.05) is 6.92 Å². The molecular weight excluding hydrogens is 340 g/mol. The highest BCUT2D eigenvalue weighted by atomic mass is 16.3. The molecule has 0 saturated heterocycles. The van der Waals surface area contributed by atoms with Crippen LogP contribution in [0.15, 0.2) is 48.5 Å². The van der Waals surface area contributed by atoms with Crippen molar-refractivity contribution in [2.45, 2.75) is 71.3 Å². The fraction of sp³-hybridized carbons (Fsp3) is 0.407. The molecule has 1 aliphatic carbocycles. The molecule has 3 aromatic rings. The second-order valence-electron chi connectivity index (χ2n) is 9.92. The largest absolute Gasteiger partial charge is 0.389 e. The normalized spacial score (nSPS) is 18.7. The minimum absolute atomic E-state index is 0.223. The van der Waals surface area contributed by atoms with Crippen LogP contribution in [0.2, 0.25) is 0 Å². The first kappa shape index (κ1) is 19.2. The first-order valence-corrected chi connectivity index (χ1v) is 10.5. The van der Waals surface area contributed by atoms with Gasteiger partial charge in [0.05, 0.1) is 6.10 Å². The molecule has 0 radical (unpaired) electrons. The molecule has 0 fully saturated rings. The fourth-order valence-electron chi connectivity index (χ4n) is 4.90. The van der Waals surface area contributed by atoms with Crippen LogP contribution in [0, 0.1) is 6.92 Å². The zero-order valence-electron chi connectivity index (χ0n) is 18.1. The Kier molecular flexibility index (Phi) is 4.43. The molecule has 1 heteroatoms. The van der Waals surface area contributed by atoms with Gasteiger partial charge in [0.25, 0.3) is 0 Å². The van der Waals surface area contributed by atoms with Gasteiger partial charge in [0.2, 0.25) is 0 Å². The zero-order valence-corrected chi connectivity index (χ0v) is 18.1. The number of rotatable bonds is 2. The summed E-state index contributed by atoms with van der Waals surface area (Å²) in [4.78, 5) is 0. The Hall–Kier alpha value is -2.12. The lowest BCUT2D eigenvalue weighted by molar-refractivity contribution is 0.199. The summed E-state index contributed by atoms with van der Waals surface area (Å²) in [6.07, 6.45) is 2.04. The van der Waals surface area contributed by atoms with Crippen LogP contribution in [0.3, 0.4) is 0 Å². The van der Waals surface area contributed by atoms with Gasteiger partial charge in [0.1, 0.15) is 0 Å². The van der Waals surface area contributed by atoms with Crippen molar-refractivity contribution in [1.82, 2.24) is 0 Å². The second kappa shape index (κ2) is 6.46. The smallest absolute Gasteiger partial charge is 0.0764 e. The highest BCUT2D eigenvalue weighted by molar-refractivity contribution is 5.90. The van der Waals surface area contributed by atoms with Crippen LogP contribution < -0.4 is 0 Å². The highest BCUT2D eigenvalue weighted by Crippen LogP contribution is 2.46. The van der Waals surface area contributed by atoms with Crippen LogP contribution in [-0.4, -0.2) is 5.11 Å². The predicted molar refractivity (Wildman–Crippen MR) is 120 cm³/mol. The zero-order chi connectivity index (χ0) is 20.3. The Labute approximate surface area is 169 Å². The maximum atomic E-state index is 10.0. The summed E-state index contributed by atoms with van der Waals surface area (Å²) >= 11 is 0. The molecule has 28 heavy (non-hydrogen) atoms. The van der Waals surface area contributed by atoms with Gasteiger partial charge in [0.15, 0.2) is 0 Å². The predicted octanol–water partition coefficient (Wildman–Crippen LogP) is 7.22. The van der Waals surface area contributed by atoms with Crippen molar-refractivity contribution < 1.29 is 5.11 Å². The summed E-state index contributed by atoms with van der Waals surface area (Å²) in [5.74, 6) is 0. The molecule has 146 valence electrons. The lowest BCUT2D eigenvalue weighted by Gasteiger charge is -2.42. The van der Waals surface area contributed by atoms with E-state index < -0.39 is 6.10 Å². The summed E-state index contributed by atoms with van der Waals surface area (Å²) in [6.45, 7) is 13.4. The first-order valence-electron chi connectivity index (χ1n) is 10.5. The highest BCUT2D eigenvalue weighted by Gasteiger charge is 2.36. The van der Waals surface area contributed by atoms with E-state index in [0.717, 1.165) is 5.56 Å². The fourth-order valence-corrected chi connectivity index (χ4v) is 4.90. The third kappa shape index (κ3) is 3.06. The van der Waals surface area contributed by atoms with Gasteiger partial charge in [0, 0.05) is 0 Å². The Balaban J connectivity index is 1.84. The number of aryl methyl sites for hydroxylation is 1. The molecule has 1 unspecified atom stereocenters. The average Bonchev–Trinajstić information content (AvgIpc) is 2.65. The number of aliphatic hydroxyl groups excluding tert-OH is 1. The van der Waals surface area contributed by atoms with Gasteiger partial charge in [-0.15, -0.1) is 0 Å². The molecule has 1 atom stereocenters. The summed E-state index contributed by atoms with van der Waals surface area (Å²) < 4.78 is 0. The Morgan fingerprint density at radius 2 is 1.39 bits per heavy atom. The van der Waals surface area contributed by atoms with Crippen molar-refractivity contribution in [1.29, 1.82) is 0 Å². The van der Waals surface area contributed by atoms with Crippen molar-refractivity contribution in [2.75, 3.05) is 0 Å². The van der Waals surface area contributed by atoms with Crippen molar-refractivity contribution >= 4 is 10.8 Å². The minimum atomic E-state index is -0.435. The molecule has 0 saturated carbocycles. The molecule has 0 aromatic heterocycles. The van der Waals surface area contributed by atoms with Crippen LogP contribution in [0.1, 0.15) is 75.8 Å². The maximum absolute atomic E-state index is 10.0. The first-order chi connectivity index (χ1) is 13.1. The molecule has 3 aromatic carbocycles. The molecule has 0 heterocycles. The van der Waals surface area contributed by atoms with Crippen molar-refractivity contribution in [2.24, 2.45) is 0 Å². The van der Waals surface area contributed by atoms with E-state index in [9.17, 15) is 5.11 Å². The lowest BCUT2D eigenvalue weighted by atomic mass is 9.63. The topological polar surface area (TPSA) is 20.2 Å². The third-order valence-electron chi connectivity index (χ3n) is 6.97. The molecule has 1 N–H and O–H groups in total. The van der Waals surface area contributed by atoms with Crippen LogP contribution >= 0.6 is 0 Å². The molecule has 0 amide bonds. The van der Waals surface area contributed by atoms with Crippen LogP contribution in [0.5, 0.6) is 0 Å². The average molecular weight is 373 g/mol. The van der Waals surface area contributed by atoms with E-state index in [1.54, 1.807) is 0 Å². The van der Waals surface area contributed by atoms with E-state index in [4.69, 9.17) is 0 Å². The Morgan fingerprint density at radius 3 is 2.07 bits per heavy atom. The van der Waals surface area contributed by atoms with Crippen LogP contribution in [-0.2, 0) is 10.8 Å². The molecular formula is C27H32O. The van der Waals surface area contributed by atoms with E-state index in [2.05, 4.69) is 83.1 Å². The molecule has 0 bridgehead atoms. The Morgan fingerprint density at radius 1 is 0.786 bits per heavy atom. The standard InChI is InChI=1S/C27H32O/c1-17-22(18(2)28)10-8-21-15-19(7-11-23(17)21)20-9-12-24-25(16-20)27(5,6)14-13-26(24,3)4/h7-12,15-16,18,28H,13-14H2,1-6H3. The SMILES string of the molecule is Cc1c(C(C)O)ccc2cc(-c3ccc4c(c3)C(C)(C)CCC4(C)C)ccc12. The molecule has 0 aliphatic heterocycles. The van der Waals surface area contributed by atoms with Gasteiger partial charge in [-0.05, 0) is 87.7 Å². The van der Waals surface area contributed by atoms with Gasteiger partial charge in [-0.1, -0.05) is 70.2 Å². The minimum Gasteiger partial charge on any atom is -0.389 e. The monoisotopic (exact) mass is 372 g/mol. The van der Waals surface area contributed by atoms with E-state index >= 15 is 0 Å². The molecule has 4 rings (SSSR count). The van der Waals surface area contributed by atoms with E-state index in [-0.39, 0.29) is 10.8 Å². The van der Waals surface area contributed by atoms with Crippen molar-refractivity contribution in [3.05, 3.63) is 70.8 Å². The summed E-state index contributed by atoms with van der Waals surface area (Å²) in [5, 5.41) is 12.5. The third-order valence-corrected chi connectivity index (χ3v) is 6.97. The van der Waals surface area contributed by atoms with Gasteiger partial charge in [-0.2, -0.15) is 0 Å². The van der Waals surface area contributed by atoms with Crippen LogP contribution in [0.25, 0.3) is 21.9 Å². The van der Waals surface area contributed by atoms with E-state index in [1.165, 1.54) is 51.4 Å². The van der Waals surface area contributed by atoms with Gasteiger partial charge in [-0.3, -0.25) is 0 Å². The lowest BCUT2D eigenvalue weighted by Crippen LogP contribution is -2.33.